The molecule has 2 aromatic heterocycles. The molecule has 61 heavy (non-hydrogen) atoms. The molecule has 13 nitrogen and oxygen atoms in total. The summed E-state index contributed by atoms with van der Waals surface area (Å²) >= 11 is 0. The van der Waals surface area contributed by atoms with E-state index >= 15 is 0 Å². The highest BCUT2D eigenvalue weighted by Gasteiger charge is 2.31. The summed E-state index contributed by atoms with van der Waals surface area (Å²) in [6, 6.07) is 15.0. The van der Waals surface area contributed by atoms with Gasteiger partial charge in [-0.05, 0) is 104 Å². The molecule has 0 radical (unpaired) electrons. The number of anilines is 1. The molecular weight excluding hydrogens is 771 g/mol. The lowest BCUT2D eigenvalue weighted by Gasteiger charge is -2.30. The van der Waals surface area contributed by atoms with Gasteiger partial charge in [0.15, 0.2) is 0 Å². The van der Waals surface area contributed by atoms with Crippen molar-refractivity contribution < 1.29 is 28.7 Å². The second kappa shape index (κ2) is 21.4. The lowest BCUT2D eigenvalue weighted by atomic mass is 9.84. The number of aromatic nitrogens is 2. The van der Waals surface area contributed by atoms with Gasteiger partial charge in [0, 0.05) is 87.2 Å². The average molecular weight is 836 g/mol. The number of hydrogen-bond acceptors (Lipinski definition) is 10. The summed E-state index contributed by atoms with van der Waals surface area (Å²) in [6.45, 7) is 16.3. The third-order valence-corrected chi connectivity index (χ3v) is 11.4. The molecular formula is C48H65N7O6. The topological polar surface area (TPSA) is 147 Å². The number of carbonyl (C=O) groups is 4. The first-order chi connectivity index (χ1) is 29.2. The van der Waals surface area contributed by atoms with Crippen molar-refractivity contribution in [2.75, 3.05) is 52.8 Å². The Hall–Kier alpha value is -5.37. The predicted molar refractivity (Wildman–Crippen MR) is 242 cm³/mol. The molecule has 4 aromatic rings. The Morgan fingerprint density at radius 2 is 1.80 bits per heavy atom. The molecule has 2 aliphatic heterocycles. The first kappa shape index (κ1) is 46.7. The maximum atomic E-state index is 13.5. The smallest absolute Gasteiger partial charge is 0.293 e. The fourth-order valence-electron chi connectivity index (χ4n) is 8.34. The quantitative estimate of drug-likeness (QED) is 0.131. The van der Waals surface area contributed by atoms with Gasteiger partial charge in [-0.15, -0.1) is 0 Å². The maximum absolute atomic E-state index is 13.5. The van der Waals surface area contributed by atoms with Crippen LogP contribution in [0.1, 0.15) is 77.3 Å². The van der Waals surface area contributed by atoms with Gasteiger partial charge in [0.1, 0.15) is 12.3 Å². The Labute approximate surface area is 361 Å². The number of ether oxygens (including phenoxy) is 2. The lowest BCUT2D eigenvalue weighted by Crippen LogP contribution is -2.53. The van der Waals surface area contributed by atoms with E-state index in [4.69, 9.17) is 14.5 Å². The minimum atomic E-state index is -0.793. The first-order valence-corrected chi connectivity index (χ1v) is 21.4. The van der Waals surface area contributed by atoms with E-state index in [1.54, 1.807) is 26.4 Å². The number of pyridine rings is 1. The maximum Gasteiger partial charge on any atom is 0.293 e. The standard InChI is InChI=1S/C43H53N5O6.C5H12N2/c1-9-48-37-15-14-30(22-35(37)36(23-43(5,6)25-54-26-50)41(48)34-12-10-17-45-39(34)28(4)53-8)31-18-29-19-32(21-31)44-16-11-13-38(51)47(7)40(27(2)3)42(52)46-33(20-29)24-49;1-7-5-3-2-4-6-7/h10-15,17-19,21-22,24,26-28,33,40,44H,9,16,20,23,25H2,1-8H3,(H,46,52);6H,2-5H2,1H3/b13-11-;/t28?,33?,40-;/m0./s1. The van der Waals surface area contributed by atoms with E-state index < -0.39 is 12.1 Å². The monoisotopic (exact) mass is 835 g/mol. The summed E-state index contributed by atoms with van der Waals surface area (Å²) in [4.78, 5) is 56.3. The van der Waals surface area contributed by atoms with Gasteiger partial charge in [-0.1, -0.05) is 45.9 Å². The van der Waals surface area contributed by atoms with Crippen molar-refractivity contribution in [2.24, 2.45) is 11.3 Å². The SMILES string of the molecule is CCn1c(-c2cccnc2C(C)OC)c(CC(C)(C)COC=O)c2cc(-c3cc4cc(c3)NC/C=C\C(=O)N(C)[C@@H](C(C)C)C(=O)NC(C=O)C4)ccc21.CN1CCCCN1. The molecule has 0 aliphatic carbocycles. The van der Waals surface area contributed by atoms with Gasteiger partial charge >= 0.3 is 0 Å². The van der Waals surface area contributed by atoms with E-state index in [1.165, 1.54) is 30.4 Å². The van der Waals surface area contributed by atoms with Crippen LogP contribution in [0.4, 0.5) is 5.69 Å². The highest BCUT2D eigenvalue weighted by molar-refractivity contribution is 5.96. The van der Waals surface area contributed by atoms with Crippen LogP contribution in [0.3, 0.4) is 0 Å². The van der Waals surface area contributed by atoms with E-state index in [9.17, 15) is 19.2 Å². The molecule has 1 saturated heterocycles. The Morgan fingerprint density at radius 1 is 1.02 bits per heavy atom. The molecule has 2 aromatic carbocycles. The van der Waals surface area contributed by atoms with Gasteiger partial charge in [0.25, 0.3) is 6.47 Å². The zero-order valence-electron chi connectivity index (χ0n) is 37.4. The number of carbonyl (C=O) groups excluding carboxylic acids is 4. The minimum Gasteiger partial charge on any atom is -0.467 e. The Bertz CT molecular complexity index is 2170. The van der Waals surface area contributed by atoms with Crippen molar-refractivity contribution in [1.29, 1.82) is 0 Å². The Balaban J connectivity index is 0.000000912. The molecule has 1 fully saturated rings. The second-order valence-corrected chi connectivity index (χ2v) is 17.2. The number of aryl methyl sites for hydroxylation is 1. The van der Waals surface area contributed by atoms with E-state index in [0.717, 1.165) is 68.6 Å². The van der Waals surface area contributed by atoms with Crippen molar-refractivity contribution >= 4 is 41.2 Å². The predicted octanol–water partition coefficient (Wildman–Crippen LogP) is 6.75. The van der Waals surface area contributed by atoms with Crippen molar-refractivity contribution in [3.05, 3.63) is 83.7 Å². The van der Waals surface area contributed by atoms with Gasteiger partial charge < -0.3 is 34.4 Å². The van der Waals surface area contributed by atoms with Gasteiger partial charge in [0.05, 0.1) is 30.1 Å². The van der Waals surface area contributed by atoms with E-state index in [0.29, 0.717) is 26.0 Å². The minimum absolute atomic E-state index is 0.167. The Morgan fingerprint density at radius 3 is 2.44 bits per heavy atom. The van der Waals surface area contributed by atoms with E-state index in [-0.39, 0.29) is 42.3 Å². The van der Waals surface area contributed by atoms with Crippen LogP contribution in [0.25, 0.3) is 33.3 Å². The summed E-state index contributed by atoms with van der Waals surface area (Å²) in [6.07, 6.45) is 9.09. The van der Waals surface area contributed by atoms with Gasteiger partial charge in [0.2, 0.25) is 11.8 Å². The molecule has 2 aliphatic rings. The van der Waals surface area contributed by atoms with Crippen molar-refractivity contribution in [1.82, 2.24) is 30.2 Å². The zero-order chi connectivity index (χ0) is 44.3. The molecule has 2 amide bonds. The van der Waals surface area contributed by atoms with Gasteiger partial charge in [-0.25, -0.2) is 5.01 Å². The number of likely N-dealkylation sites (N-methyl/N-ethyl adjacent to an activating group) is 1. The number of aldehydes is 1. The van der Waals surface area contributed by atoms with E-state index in [1.807, 2.05) is 32.9 Å². The molecule has 3 atom stereocenters. The van der Waals surface area contributed by atoms with Gasteiger partial charge in [-0.2, -0.15) is 0 Å². The van der Waals surface area contributed by atoms with Crippen LogP contribution in [0.5, 0.6) is 0 Å². The number of nitrogens with zero attached hydrogens (tertiary/aromatic N) is 4. The molecule has 6 rings (SSSR count). The van der Waals surface area contributed by atoms with E-state index in [2.05, 4.69) is 89.9 Å². The number of amides is 2. The molecule has 3 N–H and O–H groups in total. The number of benzene rings is 2. The molecule has 328 valence electrons. The average Bonchev–Trinajstić information content (AvgIpc) is 3.55. The Kier molecular flexibility index (Phi) is 16.4. The third-order valence-electron chi connectivity index (χ3n) is 11.4. The van der Waals surface area contributed by atoms with Crippen molar-refractivity contribution in [3.8, 4) is 22.4 Å². The number of fused-ring (bicyclic) bond motifs is 3. The fourth-order valence-corrected chi connectivity index (χ4v) is 8.34. The molecule has 13 heteroatoms. The van der Waals surface area contributed by atoms with Gasteiger partial charge in [-0.3, -0.25) is 24.8 Å². The first-order valence-electron chi connectivity index (χ1n) is 21.4. The highest BCUT2D eigenvalue weighted by Crippen LogP contribution is 2.42. The zero-order valence-corrected chi connectivity index (χ0v) is 37.4. The number of nitrogens with one attached hydrogen (secondary N) is 3. The lowest BCUT2D eigenvalue weighted by molar-refractivity contribution is -0.138. The van der Waals surface area contributed by atoms with Crippen LogP contribution >= 0.6 is 0 Å². The highest BCUT2D eigenvalue weighted by atomic mass is 16.5. The second-order valence-electron chi connectivity index (χ2n) is 17.2. The summed E-state index contributed by atoms with van der Waals surface area (Å²) in [5.41, 5.74) is 11.4. The van der Waals surface area contributed by atoms with Crippen LogP contribution in [0.2, 0.25) is 0 Å². The molecule has 0 spiro atoms. The fraction of sp³-hybridized carbons (Fsp3) is 0.479. The third kappa shape index (κ3) is 11.7. The molecule has 2 unspecified atom stereocenters. The number of hydrogen-bond donors (Lipinski definition) is 3. The number of rotatable bonds is 12. The molecule has 4 heterocycles. The number of hydrazine groups is 1. The normalized spacial score (nSPS) is 19.0. The van der Waals surface area contributed by atoms with Crippen LogP contribution < -0.4 is 16.1 Å². The summed E-state index contributed by atoms with van der Waals surface area (Å²) < 4.78 is 13.4. The van der Waals surface area contributed by atoms with Crippen LogP contribution in [0.15, 0.2) is 66.9 Å². The van der Waals surface area contributed by atoms with Crippen LogP contribution in [-0.2, 0) is 48.0 Å². The molecule has 0 saturated carbocycles. The molecule has 2 bridgehead atoms. The summed E-state index contributed by atoms with van der Waals surface area (Å²) in [5.74, 6) is -0.830. The van der Waals surface area contributed by atoms with Crippen molar-refractivity contribution in [3.63, 3.8) is 0 Å². The van der Waals surface area contributed by atoms with Crippen LogP contribution in [-0.4, -0.2) is 104 Å². The number of methoxy groups -OCH3 is 1. The van der Waals surface area contributed by atoms with Crippen LogP contribution in [0, 0.1) is 11.3 Å². The van der Waals surface area contributed by atoms with Crippen molar-refractivity contribution in [2.45, 2.75) is 92.0 Å². The summed E-state index contributed by atoms with van der Waals surface area (Å²) in [7, 11) is 5.37. The summed E-state index contributed by atoms with van der Waals surface area (Å²) in [5, 5.41) is 9.52. The largest absolute Gasteiger partial charge is 0.467 e.